The number of halogens is 1. The van der Waals surface area contributed by atoms with E-state index in [9.17, 15) is 9.59 Å². The summed E-state index contributed by atoms with van der Waals surface area (Å²) in [5, 5.41) is 3.68. The van der Waals surface area contributed by atoms with E-state index in [0.717, 1.165) is 12.2 Å². The van der Waals surface area contributed by atoms with Crippen molar-refractivity contribution in [3.05, 3.63) is 29.3 Å². The lowest BCUT2D eigenvalue weighted by Crippen LogP contribution is -2.54. The lowest BCUT2D eigenvalue weighted by Gasteiger charge is -2.34. The van der Waals surface area contributed by atoms with Gasteiger partial charge in [0.15, 0.2) is 6.29 Å². The van der Waals surface area contributed by atoms with Crippen molar-refractivity contribution >= 4 is 29.4 Å². The number of hydrogen-bond acceptors (Lipinski definition) is 4. The van der Waals surface area contributed by atoms with Gasteiger partial charge in [0.05, 0.1) is 16.8 Å². The molecule has 2 rings (SSSR count). The third kappa shape index (κ3) is 2.65. The highest BCUT2D eigenvalue weighted by Crippen LogP contribution is 2.25. The van der Waals surface area contributed by atoms with E-state index in [1.54, 1.807) is 0 Å². The molecule has 0 aromatic heterocycles. The number of hydrogen-bond donors (Lipinski definition) is 1. The van der Waals surface area contributed by atoms with E-state index < -0.39 is 11.8 Å². The van der Waals surface area contributed by atoms with Crippen molar-refractivity contribution in [1.29, 1.82) is 0 Å². The van der Waals surface area contributed by atoms with Gasteiger partial charge in [-0.2, -0.15) is 0 Å². The maximum Gasteiger partial charge on any atom is 0.213 e. The number of anilines is 1. The lowest BCUT2D eigenvalue weighted by atomic mass is 10.1. The number of rotatable bonds is 3. The molecule has 1 unspecified atom stereocenters. The first kappa shape index (κ1) is 12.1. The molecular weight excluding hydrogens is 240 g/mol. The van der Waals surface area contributed by atoms with Crippen LogP contribution in [-0.4, -0.2) is 37.7 Å². The van der Waals surface area contributed by atoms with Crippen molar-refractivity contribution in [2.45, 2.75) is 6.04 Å². The van der Waals surface area contributed by atoms with Gasteiger partial charge in [0.2, 0.25) is 5.78 Å². The molecule has 0 aliphatic carbocycles. The predicted octanol–water partition coefficient (Wildman–Crippen LogP) is 0.886. The largest absolute Gasteiger partial charge is 0.367 e. The summed E-state index contributed by atoms with van der Waals surface area (Å²) in [6, 6.07) is 7.06. The van der Waals surface area contributed by atoms with Gasteiger partial charge in [0.25, 0.3) is 0 Å². The molecule has 1 aliphatic heterocycles. The normalized spacial score (nSPS) is 20.1. The van der Waals surface area contributed by atoms with Crippen LogP contribution in [0.5, 0.6) is 0 Å². The van der Waals surface area contributed by atoms with Gasteiger partial charge in [-0.25, -0.2) is 0 Å². The van der Waals surface area contributed by atoms with E-state index >= 15 is 0 Å². The second kappa shape index (κ2) is 5.29. The molecule has 0 saturated carbocycles. The van der Waals surface area contributed by atoms with Gasteiger partial charge in [0, 0.05) is 19.6 Å². The standard InChI is InChI=1S/C12H13ClN2O2/c13-9-3-1-2-4-11(9)15-6-5-14-10(7-15)12(17)8-16/h1-4,8,10,14H,5-7H2. The summed E-state index contributed by atoms with van der Waals surface area (Å²) < 4.78 is 0. The fourth-order valence-corrected chi connectivity index (χ4v) is 2.20. The van der Waals surface area contributed by atoms with Crippen LogP contribution in [-0.2, 0) is 9.59 Å². The summed E-state index contributed by atoms with van der Waals surface area (Å²) in [7, 11) is 0. The number of piperazine rings is 1. The van der Waals surface area contributed by atoms with Gasteiger partial charge in [-0.1, -0.05) is 23.7 Å². The predicted molar refractivity (Wildman–Crippen MR) is 66.5 cm³/mol. The maximum absolute atomic E-state index is 11.3. The molecule has 5 heteroatoms. The van der Waals surface area contributed by atoms with Crippen molar-refractivity contribution in [1.82, 2.24) is 5.32 Å². The van der Waals surface area contributed by atoms with Crippen LogP contribution in [0.15, 0.2) is 24.3 Å². The molecule has 1 heterocycles. The van der Waals surface area contributed by atoms with Crippen LogP contribution in [0.25, 0.3) is 0 Å². The number of nitrogens with one attached hydrogen (secondary N) is 1. The van der Waals surface area contributed by atoms with Crippen LogP contribution >= 0.6 is 11.6 Å². The Hall–Kier alpha value is -1.39. The number of para-hydroxylation sites is 1. The Morgan fingerprint density at radius 1 is 1.47 bits per heavy atom. The second-order valence-electron chi connectivity index (χ2n) is 3.92. The molecular formula is C12H13ClN2O2. The van der Waals surface area contributed by atoms with Crippen LogP contribution in [0.1, 0.15) is 0 Å². The Labute approximate surface area is 105 Å². The van der Waals surface area contributed by atoms with Crippen LogP contribution in [0.2, 0.25) is 5.02 Å². The zero-order valence-corrected chi connectivity index (χ0v) is 9.98. The highest BCUT2D eigenvalue weighted by atomic mass is 35.5. The SMILES string of the molecule is O=CC(=O)C1CN(c2ccccc2Cl)CCN1. The van der Waals surface area contributed by atoms with E-state index in [0.29, 0.717) is 24.4 Å². The molecule has 1 N–H and O–H groups in total. The summed E-state index contributed by atoms with van der Waals surface area (Å²) in [5.74, 6) is -0.415. The van der Waals surface area contributed by atoms with Crippen molar-refractivity contribution in [3.8, 4) is 0 Å². The molecule has 1 atom stereocenters. The van der Waals surface area contributed by atoms with Gasteiger partial charge < -0.3 is 10.2 Å². The van der Waals surface area contributed by atoms with E-state index in [1.165, 1.54) is 0 Å². The zero-order chi connectivity index (χ0) is 12.3. The zero-order valence-electron chi connectivity index (χ0n) is 9.23. The van der Waals surface area contributed by atoms with E-state index in [4.69, 9.17) is 11.6 Å². The van der Waals surface area contributed by atoms with Gasteiger partial charge in [-0.15, -0.1) is 0 Å². The van der Waals surface area contributed by atoms with E-state index in [-0.39, 0.29) is 0 Å². The average molecular weight is 253 g/mol. The number of nitrogens with zero attached hydrogens (tertiary/aromatic N) is 1. The fraction of sp³-hybridized carbons (Fsp3) is 0.333. The Balaban J connectivity index is 2.15. The molecule has 0 bridgehead atoms. The van der Waals surface area contributed by atoms with Crippen LogP contribution in [0.4, 0.5) is 5.69 Å². The number of carbonyl (C=O) groups is 2. The van der Waals surface area contributed by atoms with Crippen molar-refractivity contribution in [3.63, 3.8) is 0 Å². The first-order valence-corrected chi connectivity index (χ1v) is 5.82. The Bertz CT molecular complexity index is 436. The third-order valence-corrected chi connectivity index (χ3v) is 3.15. The van der Waals surface area contributed by atoms with Crippen molar-refractivity contribution in [2.75, 3.05) is 24.5 Å². The van der Waals surface area contributed by atoms with Crippen LogP contribution in [0.3, 0.4) is 0 Å². The molecule has 1 fully saturated rings. The Kier molecular flexibility index (Phi) is 3.76. The van der Waals surface area contributed by atoms with E-state index in [1.807, 2.05) is 29.2 Å². The first-order valence-electron chi connectivity index (χ1n) is 5.44. The molecule has 1 aliphatic rings. The van der Waals surface area contributed by atoms with Crippen molar-refractivity contribution < 1.29 is 9.59 Å². The topological polar surface area (TPSA) is 49.4 Å². The minimum atomic E-state index is -0.433. The summed E-state index contributed by atoms with van der Waals surface area (Å²) in [5.41, 5.74) is 0.902. The second-order valence-corrected chi connectivity index (χ2v) is 4.33. The van der Waals surface area contributed by atoms with Gasteiger partial charge >= 0.3 is 0 Å². The lowest BCUT2D eigenvalue weighted by molar-refractivity contribution is -0.131. The Morgan fingerprint density at radius 3 is 2.94 bits per heavy atom. The van der Waals surface area contributed by atoms with Gasteiger partial charge in [-0.05, 0) is 12.1 Å². The van der Waals surface area contributed by atoms with E-state index in [2.05, 4.69) is 5.32 Å². The highest BCUT2D eigenvalue weighted by Gasteiger charge is 2.25. The minimum Gasteiger partial charge on any atom is -0.367 e. The highest BCUT2D eigenvalue weighted by molar-refractivity contribution is 6.33. The number of benzene rings is 1. The first-order chi connectivity index (χ1) is 8.22. The average Bonchev–Trinajstić information content (AvgIpc) is 2.38. The molecule has 0 spiro atoms. The quantitative estimate of drug-likeness (QED) is 0.641. The molecule has 1 aromatic carbocycles. The molecule has 0 radical (unpaired) electrons. The number of aldehydes is 1. The van der Waals surface area contributed by atoms with Gasteiger partial charge in [-0.3, -0.25) is 9.59 Å². The van der Waals surface area contributed by atoms with Crippen molar-refractivity contribution in [2.24, 2.45) is 0 Å². The number of Topliss-reactive ketones (excluding diaryl/α,β-unsaturated/α-hetero) is 1. The molecule has 17 heavy (non-hydrogen) atoms. The Morgan fingerprint density at radius 2 is 2.24 bits per heavy atom. The monoisotopic (exact) mass is 252 g/mol. The molecule has 0 amide bonds. The fourth-order valence-electron chi connectivity index (χ4n) is 1.95. The summed E-state index contributed by atoms with van der Waals surface area (Å²) in [6.07, 6.45) is 0.369. The molecule has 4 nitrogen and oxygen atoms in total. The third-order valence-electron chi connectivity index (χ3n) is 2.83. The minimum absolute atomic E-state index is 0.369. The van der Waals surface area contributed by atoms with Crippen LogP contribution in [0, 0.1) is 0 Å². The molecule has 1 aromatic rings. The molecule has 90 valence electrons. The molecule has 1 saturated heterocycles. The summed E-state index contributed by atoms with van der Waals surface area (Å²) in [4.78, 5) is 23.8. The number of ketones is 1. The maximum atomic E-state index is 11.3. The summed E-state index contributed by atoms with van der Waals surface area (Å²) >= 11 is 6.10. The summed E-state index contributed by atoms with van der Waals surface area (Å²) in [6.45, 7) is 1.91. The van der Waals surface area contributed by atoms with Gasteiger partial charge in [0.1, 0.15) is 0 Å². The van der Waals surface area contributed by atoms with Crippen LogP contribution < -0.4 is 10.2 Å². The number of carbonyl (C=O) groups excluding carboxylic acids is 2. The smallest absolute Gasteiger partial charge is 0.213 e.